The first kappa shape index (κ1) is 11.3. The van der Waals surface area contributed by atoms with E-state index in [0.717, 1.165) is 5.56 Å². The number of aryl methyl sites for hydroxylation is 1. The van der Waals surface area contributed by atoms with Gasteiger partial charge in [0.1, 0.15) is 5.75 Å². The Balaban J connectivity index is 2.15. The molecule has 1 heterocycles. The fourth-order valence-corrected chi connectivity index (χ4v) is 1.40. The van der Waals surface area contributed by atoms with Gasteiger partial charge in [0.05, 0.1) is 6.08 Å². The van der Waals surface area contributed by atoms with Crippen molar-refractivity contribution in [1.82, 2.24) is 5.32 Å². The molecule has 90 valence electrons. The molecule has 1 atom stereocenters. The zero-order valence-corrected chi connectivity index (χ0v) is 9.38. The topological polar surface area (TPSA) is 99.4 Å². The van der Waals surface area contributed by atoms with Crippen LogP contribution in [0.5, 0.6) is 5.75 Å². The van der Waals surface area contributed by atoms with Crippen LogP contribution in [-0.2, 0) is 0 Å². The van der Waals surface area contributed by atoms with Gasteiger partial charge in [-0.05, 0) is 19.1 Å². The highest BCUT2D eigenvalue weighted by molar-refractivity contribution is 5.88. The average Bonchev–Trinajstić information content (AvgIpc) is 2.29. The largest absolute Gasteiger partial charge is 0.713 e. The lowest BCUT2D eigenvalue weighted by atomic mass is 10.2. The molecular formula is C11H14N4O2. The summed E-state index contributed by atoms with van der Waals surface area (Å²) in [6, 6.07) is 7.49. The summed E-state index contributed by atoms with van der Waals surface area (Å²) in [5, 5.41) is 13.9. The molecule has 5 N–H and O–H groups in total. The molecule has 0 spiro atoms. The van der Waals surface area contributed by atoms with Gasteiger partial charge in [0, 0.05) is 0 Å². The molecular weight excluding hydrogens is 220 g/mol. The van der Waals surface area contributed by atoms with Crippen LogP contribution in [0.25, 0.3) is 0 Å². The maximum absolute atomic E-state index is 11.2. The van der Waals surface area contributed by atoms with Gasteiger partial charge in [-0.25, -0.2) is 4.74 Å². The second-order valence-electron chi connectivity index (χ2n) is 3.76. The molecule has 0 saturated heterocycles. The summed E-state index contributed by atoms with van der Waals surface area (Å²) in [6.07, 6.45) is 0.469. The second-order valence-corrected chi connectivity index (χ2v) is 3.76. The fourth-order valence-electron chi connectivity index (χ4n) is 1.40. The molecule has 1 aliphatic rings. The summed E-state index contributed by atoms with van der Waals surface area (Å²) in [5.41, 5.74) is 12.1. The van der Waals surface area contributed by atoms with Gasteiger partial charge in [0.15, 0.2) is 0 Å². The van der Waals surface area contributed by atoms with E-state index in [0.29, 0.717) is 16.4 Å². The Kier molecular flexibility index (Phi) is 2.88. The Labute approximate surface area is 98.8 Å². The van der Waals surface area contributed by atoms with Crippen LogP contribution < -0.4 is 21.5 Å². The molecule has 0 saturated carbocycles. The molecule has 0 aliphatic carbocycles. The van der Waals surface area contributed by atoms with Crippen molar-refractivity contribution in [1.29, 1.82) is 0 Å². The fraction of sp³-hybridized carbons (Fsp3) is 0.182. The molecule has 1 aromatic carbocycles. The Bertz CT molecular complexity index is 479. The van der Waals surface area contributed by atoms with Crippen LogP contribution >= 0.6 is 0 Å². The highest BCUT2D eigenvalue weighted by Gasteiger charge is 2.18. The summed E-state index contributed by atoms with van der Waals surface area (Å²) < 4.78 is 5.98. The van der Waals surface area contributed by atoms with E-state index in [1.165, 1.54) is 6.08 Å². The maximum atomic E-state index is 11.2. The number of benzene rings is 1. The summed E-state index contributed by atoms with van der Waals surface area (Å²) in [4.78, 5) is 0. The zero-order valence-electron chi connectivity index (χ0n) is 9.38. The normalized spacial score (nSPS) is 19.6. The predicted octanol–water partition coefficient (Wildman–Crippen LogP) is -0.0718. The van der Waals surface area contributed by atoms with E-state index in [-0.39, 0.29) is 5.84 Å². The quantitative estimate of drug-likeness (QED) is 0.491. The highest BCUT2D eigenvalue weighted by atomic mass is 16.5. The van der Waals surface area contributed by atoms with E-state index in [9.17, 15) is 5.21 Å². The molecule has 6 heteroatoms. The van der Waals surface area contributed by atoms with Gasteiger partial charge in [-0.15, -0.1) is 0 Å². The number of hydrogen-bond donors (Lipinski definition) is 3. The van der Waals surface area contributed by atoms with Crippen LogP contribution in [0.4, 0.5) is 0 Å². The van der Waals surface area contributed by atoms with Gasteiger partial charge < -0.3 is 15.3 Å². The molecule has 1 aliphatic heterocycles. The zero-order chi connectivity index (χ0) is 12.4. The van der Waals surface area contributed by atoms with Gasteiger partial charge in [-0.3, -0.25) is 11.5 Å². The van der Waals surface area contributed by atoms with E-state index in [1.807, 2.05) is 31.2 Å². The predicted molar refractivity (Wildman–Crippen MR) is 63.8 cm³/mol. The van der Waals surface area contributed by atoms with E-state index < -0.39 is 6.29 Å². The van der Waals surface area contributed by atoms with Gasteiger partial charge in [-0.1, -0.05) is 17.7 Å². The van der Waals surface area contributed by atoms with E-state index >= 15 is 0 Å². The Hall–Kier alpha value is -2.21. The minimum absolute atomic E-state index is 0.0124. The Morgan fingerprint density at radius 1 is 1.35 bits per heavy atom. The number of hydrogen-bond acceptors (Lipinski definition) is 5. The van der Waals surface area contributed by atoms with E-state index in [1.54, 1.807) is 0 Å². The lowest BCUT2D eigenvalue weighted by Crippen LogP contribution is -2.51. The van der Waals surface area contributed by atoms with Gasteiger partial charge >= 0.3 is 0 Å². The average molecular weight is 234 g/mol. The molecule has 17 heavy (non-hydrogen) atoms. The number of hydroxylamine groups is 1. The summed E-state index contributed by atoms with van der Waals surface area (Å²) >= 11 is 0. The molecule has 1 aromatic rings. The lowest BCUT2D eigenvalue weighted by molar-refractivity contribution is -0.509. The molecule has 6 nitrogen and oxygen atoms in total. The van der Waals surface area contributed by atoms with Crippen LogP contribution in [0.2, 0.25) is 0 Å². The van der Waals surface area contributed by atoms with Crippen LogP contribution in [0.15, 0.2) is 36.2 Å². The van der Waals surface area contributed by atoms with Crippen molar-refractivity contribution in [2.45, 2.75) is 13.2 Å². The van der Waals surface area contributed by atoms with Crippen molar-refractivity contribution in [3.63, 3.8) is 0 Å². The smallest absolute Gasteiger partial charge is 0.278 e. The summed E-state index contributed by atoms with van der Waals surface area (Å²) in [6.45, 7) is 1.99. The molecule has 0 radical (unpaired) electrons. The molecule has 1 unspecified atom stereocenters. The first-order chi connectivity index (χ1) is 8.06. The highest BCUT2D eigenvalue weighted by Crippen LogP contribution is 2.14. The first-order valence-corrected chi connectivity index (χ1v) is 5.13. The minimum Gasteiger partial charge on any atom is -0.713 e. The summed E-state index contributed by atoms with van der Waals surface area (Å²) in [7, 11) is 0. The monoisotopic (exact) mass is 234 g/mol. The third-order valence-electron chi connectivity index (χ3n) is 2.33. The third kappa shape index (κ3) is 2.48. The number of nitrogens with two attached hydrogens (primary N) is 2. The Morgan fingerprint density at radius 2 is 2.00 bits per heavy atom. The second kappa shape index (κ2) is 4.34. The molecule has 0 bridgehead atoms. The van der Waals surface area contributed by atoms with Crippen LogP contribution in [0.3, 0.4) is 0 Å². The van der Waals surface area contributed by atoms with Crippen molar-refractivity contribution in [3.05, 3.63) is 47.0 Å². The molecule has 0 amide bonds. The van der Waals surface area contributed by atoms with Gasteiger partial charge in [-0.2, -0.15) is 0 Å². The van der Waals surface area contributed by atoms with E-state index in [2.05, 4.69) is 5.32 Å². The third-order valence-corrected chi connectivity index (χ3v) is 2.33. The van der Waals surface area contributed by atoms with Crippen molar-refractivity contribution in [2.75, 3.05) is 0 Å². The molecule has 0 aromatic heterocycles. The molecule has 0 fully saturated rings. The number of rotatable bonds is 2. The number of amidine groups is 1. The van der Waals surface area contributed by atoms with Crippen LogP contribution in [0, 0.1) is 12.1 Å². The lowest BCUT2D eigenvalue weighted by Gasteiger charge is -2.25. The van der Waals surface area contributed by atoms with Crippen molar-refractivity contribution >= 4 is 5.84 Å². The standard InChI is InChI=1S/C11H14N4O2/c1-7-2-4-8(5-3-7)17-10-6-9(12)15(16)11(13)14-10/h2-6,11,14H,12-13H2,1H3. The first-order valence-electron chi connectivity index (χ1n) is 5.13. The van der Waals surface area contributed by atoms with Crippen molar-refractivity contribution < 1.29 is 9.48 Å². The minimum atomic E-state index is -0.930. The number of nitrogens with zero attached hydrogens (tertiary/aromatic N) is 1. The van der Waals surface area contributed by atoms with Crippen LogP contribution in [-0.4, -0.2) is 16.9 Å². The Morgan fingerprint density at radius 3 is 2.59 bits per heavy atom. The maximum Gasteiger partial charge on any atom is 0.278 e. The van der Waals surface area contributed by atoms with Gasteiger partial charge in [0.2, 0.25) is 12.2 Å². The SMILES string of the molecule is Cc1ccc(OC2=CC(N)=[N+]([O-])C(N)N2)cc1. The summed E-state index contributed by atoms with van der Waals surface area (Å²) in [5.74, 6) is 1.01. The van der Waals surface area contributed by atoms with Crippen LogP contribution in [0.1, 0.15) is 5.56 Å². The molecule has 2 rings (SSSR count). The van der Waals surface area contributed by atoms with Gasteiger partial charge in [0.25, 0.3) is 5.84 Å². The number of nitrogens with one attached hydrogen (secondary N) is 1. The van der Waals surface area contributed by atoms with Crippen molar-refractivity contribution in [2.24, 2.45) is 11.5 Å². The number of ether oxygens (including phenoxy) is 1. The van der Waals surface area contributed by atoms with Crippen molar-refractivity contribution in [3.8, 4) is 5.75 Å². The van der Waals surface area contributed by atoms with E-state index in [4.69, 9.17) is 16.2 Å².